The molecule has 0 saturated carbocycles. The number of aryl methyl sites for hydroxylation is 1. The zero-order chi connectivity index (χ0) is 14.0. The third kappa shape index (κ3) is 3.48. The first-order valence-corrected chi connectivity index (χ1v) is 7.08. The van der Waals surface area contributed by atoms with Gasteiger partial charge in [-0.05, 0) is 56.5 Å². The standard InChI is InChI=1S/C15H20ClNO2/c1-10-6-12(8-13(16)7-10)9-17-5-3-4-14(11(17)2)15(18)19/h6-8,11,14H,3-5,9H2,1-2H3,(H,18,19)/t11-,14-/m1/s1. The van der Waals surface area contributed by atoms with Crippen LogP contribution >= 0.6 is 11.6 Å². The first kappa shape index (κ1) is 14.4. The Bertz CT molecular complexity index is 455. The smallest absolute Gasteiger partial charge is 0.308 e. The molecule has 0 radical (unpaired) electrons. The Kier molecular flexibility index (Phi) is 4.48. The van der Waals surface area contributed by atoms with E-state index in [1.54, 1.807) is 0 Å². The van der Waals surface area contributed by atoms with Crippen LogP contribution in [0.3, 0.4) is 0 Å². The number of carboxylic acids is 1. The molecular weight excluding hydrogens is 262 g/mol. The van der Waals surface area contributed by atoms with Crippen LogP contribution in [0.25, 0.3) is 0 Å². The summed E-state index contributed by atoms with van der Waals surface area (Å²) in [6.45, 7) is 5.76. The molecule has 19 heavy (non-hydrogen) atoms. The zero-order valence-corrected chi connectivity index (χ0v) is 12.2. The number of carboxylic acid groups (broad SMARTS) is 1. The van der Waals surface area contributed by atoms with E-state index >= 15 is 0 Å². The molecule has 2 atom stereocenters. The van der Waals surface area contributed by atoms with Crippen LogP contribution in [0.5, 0.6) is 0 Å². The van der Waals surface area contributed by atoms with Crippen LogP contribution in [0, 0.1) is 12.8 Å². The number of rotatable bonds is 3. The van der Waals surface area contributed by atoms with Crippen LogP contribution in [0.1, 0.15) is 30.9 Å². The second-order valence-electron chi connectivity index (χ2n) is 5.43. The highest BCUT2D eigenvalue weighted by Gasteiger charge is 2.32. The number of nitrogens with zero attached hydrogens (tertiary/aromatic N) is 1. The number of hydrogen-bond acceptors (Lipinski definition) is 2. The molecule has 0 unspecified atom stereocenters. The average Bonchev–Trinajstić information content (AvgIpc) is 2.30. The molecule has 0 aliphatic carbocycles. The third-order valence-electron chi connectivity index (χ3n) is 3.92. The topological polar surface area (TPSA) is 40.5 Å². The van der Waals surface area contributed by atoms with Gasteiger partial charge >= 0.3 is 5.97 Å². The fourth-order valence-electron chi connectivity index (χ4n) is 2.90. The fourth-order valence-corrected chi connectivity index (χ4v) is 3.22. The Hall–Kier alpha value is -1.06. The second kappa shape index (κ2) is 5.93. The monoisotopic (exact) mass is 281 g/mol. The lowest BCUT2D eigenvalue weighted by Gasteiger charge is -2.37. The predicted molar refractivity (Wildman–Crippen MR) is 76.4 cm³/mol. The van der Waals surface area contributed by atoms with E-state index in [4.69, 9.17) is 11.6 Å². The molecule has 104 valence electrons. The van der Waals surface area contributed by atoms with Crippen molar-refractivity contribution in [2.75, 3.05) is 6.54 Å². The van der Waals surface area contributed by atoms with Gasteiger partial charge in [0.25, 0.3) is 0 Å². The summed E-state index contributed by atoms with van der Waals surface area (Å²) in [6.07, 6.45) is 1.72. The third-order valence-corrected chi connectivity index (χ3v) is 4.14. The minimum absolute atomic E-state index is 0.0746. The van der Waals surface area contributed by atoms with E-state index in [-0.39, 0.29) is 12.0 Å². The summed E-state index contributed by atoms with van der Waals surface area (Å²) in [7, 11) is 0. The van der Waals surface area contributed by atoms with Crippen molar-refractivity contribution in [1.82, 2.24) is 4.90 Å². The Labute approximate surface area is 119 Å². The van der Waals surface area contributed by atoms with Crippen LogP contribution < -0.4 is 0 Å². The quantitative estimate of drug-likeness (QED) is 0.924. The van der Waals surface area contributed by atoms with Crippen LogP contribution in [-0.2, 0) is 11.3 Å². The molecule has 0 spiro atoms. The summed E-state index contributed by atoms with van der Waals surface area (Å²) in [5.74, 6) is -0.937. The van der Waals surface area contributed by atoms with Gasteiger partial charge < -0.3 is 5.11 Å². The van der Waals surface area contributed by atoms with Crippen molar-refractivity contribution in [3.8, 4) is 0 Å². The lowest BCUT2D eigenvalue weighted by Crippen LogP contribution is -2.45. The van der Waals surface area contributed by atoms with Crippen LogP contribution in [0.15, 0.2) is 18.2 Å². The molecule has 3 nitrogen and oxygen atoms in total. The molecule has 1 saturated heterocycles. The molecule has 1 N–H and O–H groups in total. The van der Waals surface area contributed by atoms with Crippen molar-refractivity contribution in [3.05, 3.63) is 34.3 Å². The van der Waals surface area contributed by atoms with Crippen LogP contribution in [0.4, 0.5) is 0 Å². The number of hydrogen-bond donors (Lipinski definition) is 1. The zero-order valence-electron chi connectivity index (χ0n) is 11.4. The number of halogens is 1. The molecule has 1 aromatic rings. The van der Waals surface area contributed by atoms with Gasteiger partial charge in [-0.15, -0.1) is 0 Å². The number of aliphatic carboxylic acids is 1. The number of carbonyl (C=O) groups is 1. The largest absolute Gasteiger partial charge is 0.481 e. The van der Waals surface area contributed by atoms with Gasteiger partial charge in [-0.2, -0.15) is 0 Å². The maximum Gasteiger partial charge on any atom is 0.308 e. The average molecular weight is 282 g/mol. The van der Waals surface area contributed by atoms with Gasteiger partial charge in [-0.25, -0.2) is 0 Å². The Morgan fingerprint density at radius 2 is 2.21 bits per heavy atom. The van der Waals surface area contributed by atoms with Crippen molar-refractivity contribution in [3.63, 3.8) is 0 Å². The highest BCUT2D eigenvalue weighted by atomic mass is 35.5. The van der Waals surface area contributed by atoms with E-state index in [0.717, 1.165) is 42.1 Å². The van der Waals surface area contributed by atoms with Crippen molar-refractivity contribution in [1.29, 1.82) is 0 Å². The molecule has 0 bridgehead atoms. The Morgan fingerprint density at radius 3 is 2.84 bits per heavy atom. The summed E-state index contributed by atoms with van der Waals surface area (Å²) in [6, 6.07) is 6.09. The molecule has 4 heteroatoms. The highest BCUT2D eigenvalue weighted by Crippen LogP contribution is 2.26. The maximum absolute atomic E-state index is 11.2. The molecule has 2 rings (SSSR count). The number of benzene rings is 1. The van der Waals surface area contributed by atoms with Crippen molar-refractivity contribution in [2.45, 2.75) is 39.3 Å². The van der Waals surface area contributed by atoms with Crippen molar-refractivity contribution < 1.29 is 9.90 Å². The van der Waals surface area contributed by atoms with E-state index in [0.29, 0.717) is 0 Å². The molecule has 1 aliphatic heterocycles. The Balaban J connectivity index is 2.11. The van der Waals surface area contributed by atoms with E-state index < -0.39 is 5.97 Å². The first-order chi connectivity index (χ1) is 8.97. The summed E-state index contributed by atoms with van der Waals surface area (Å²) >= 11 is 6.07. The lowest BCUT2D eigenvalue weighted by atomic mass is 9.90. The maximum atomic E-state index is 11.2. The molecule has 1 fully saturated rings. The van der Waals surface area contributed by atoms with Gasteiger partial charge in [-0.3, -0.25) is 9.69 Å². The fraction of sp³-hybridized carbons (Fsp3) is 0.533. The van der Waals surface area contributed by atoms with Gasteiger partial charge in [0.05, 0.1) is 5.92 Å². The van der Waals surface area contributed by atoms with Gasteiger partial charge in [0.15, 0.2) is 0 Å². The van der Waals surface area contributed by atoms with Crippen molar-refractivity contribution >= 4 is 17.6 Å². The lowest BCUT2D eigenvalue weighted by molar-refractivity contribution is -0.145. The molecule has 0 amide bonds. The van der Waals surface area contributed by atoms with Gasteiger partial charge in [0.2, 0.25) is 0 Å². The van der Waals surface area contributed by atoms with E-state index in [9.17, 15) is 9.90 Å². The number of piperidine rings is 1. The summed E-state index contributed by atoms with van der Waals surface area (Å²) < 4.78 is 0. The normalized spacial score (nSPS) is 24.4. The molecule has 1 aliphatic rings. The Morgan fingerprint density at radius 1 is 1.47 bits per heavy atom. The second-order valence-corrected chi connectivity index (χ2v) is 5.87. The van der Waals surface area contributed by atoms with Gasteiger partial charge in [-0.1, -0.05) is 17.7 Å². The van der Waals surface area contributed by atoms with Gasteiger partial charge in [0.1, 0.15) is 0 Å². The predicted octanol–water partition coefficient (Wildman–Crippen LogP) is 3.33. The molecule has 0 aromatic heterocycles. The van der Waals surface area contributed by atoms with E-state index in [1.165, 1.54) is 0 Å². The van der Waals surface area contributed by atoms with Crippen LogP contribution in [-0.4, -0.2) is 28.6 Å². The first-order valence-electron chi connectivity index (χ1n) is 6.70. The summed E-state index contributed by atoms with van der Waals surface area (Å²) in [4.78, 5) is 13.5. The van der Waals surface area contributed by atoms with Gasteiger partial charge in [0, 0.05) is 17.6 Å². The molecular formula is C15H20ClNO2. The summed E-state index contributed by atoms with van der Waals surface area (Å²) in [5.41, 5.74) is 2.30. The van der Waals surface area contributed by atoms with E-state index in [1.807, 2.05) is 26.0 Å². The molecule has 1 aromatic carbocycles. The highest BCUT2D eigenvalue weighted by molar-refractivity contribution is 6.30. The van der Waals surface area contributed by atoms with Crippen molar-refractivity contribution in [2.24, 2.45) is 5.92 Å². The SMILES string of the molecule is Cc1cc(Cl)cc(CN2CCC[C@@H](C(=O)O)[C@H]2C)c1. The minimum atomic E-state index is -0.681. The van der Waals surface area contributed by atoms with Crippen LogP contribution in [0.2, 0.25) is 5.02 Å². The van der Waals surface area contributed by atoms with E-state index in [2.05, 4.69) is 11.0 Å². The minimum Gasteiger partial charge on any atom is -0.481 e. The summed E-state index contributed by atoms with van der Waals surface area (Å²) in [5, 5.41) is 9.98. The number of likely N-dealkylation sites (tertiary alicyclic amines) is 1. The molecule has 1 heterocycles.